The summed E-state index contributed by atoms with van der Waals surface area (Å²) >= 11 is 0. The summed E-state index contributed by atoms with van der Waals surface area (Å²) in [6.45, 7) is 5.69. The quantitative estimate of drug-likeness (QED) is 0.445. The number of piperidine rings is 1. The van der Waals surface area contributed by atoms with E-state index >= 15 is 0 Å². The Labute approximate surface area is 234 Å². The van der Waals surface area contributed by atoms with Gasteiger partial charge in [-0.2, -0.15) is 26.3 Å². The lowest BCUT2D eigenvalue weighted by atomic mass is 9.78. The number of likely N-dealkylation sites (tertiary alicyclic amines) is 2. The molecule has 224 valence electrons. The van der Waals surface area contributed by atoms with Crippen LogP contribution in [0.1, 0.15) is 60.2 Å². The van der Waals surface area contributed by atoms with Gasteiger partial charge < -0.3 is 19.8 Å². The molecule has 41 heavy (non-hydrogen) atoms. The lowest BCUT2D eigenvalue weighted by Gasteiger charge is -2.45. The first-order valence-electron chi connectivity index (χ1n) is 13.4. The number of alkyl halides is 6. The summed E-state index contributed by atoms with van der Waals surface area (Å²) in [6.07, 6.45) is -10.6. The van der Waals surface area contributed by atoms with Crippen LogP contribution in [0.3, 0.4) is 0 Å². The van der Waals surface area contributed by atoms with Crippen molar-refractivity contribution in [1.82, 2.24) is 14.7 Å². The number of hydrogen-bond donors (Lipinski definition) is 1. The van der Waals surface area contributed by atoms with E-state index in [1.807, 2.05) is 31.2 Å². The molecule has 0 radical (unpaired) electrons. The molecule has 2 saturated heterocycles. The predicted octanol–water partition coefficient (Wildman–Crippen LogP) is 6.05. The van der Waals surface area contributed by atoms with Crippen LogP contribution in [0.25, 0.3) is 0 Å². The molecule has 3 amide bonds. The molecule has 5 atom stereocenters. The topological polar surface area (TPSA) is 64.1 Å². The number of aliphatic hydroxyl groups is 1. The third-order valence-corrected chi connectivity index (χ3v) is 8.37. The second-order valence-electron chi connectivity index (χ2n) is 11.0. The van der Waals surface area contributed by atoms with Gasteiger partial charge in [0.2, 0.25) is 0 Å². The minimum atomic E-state index is -5.01. The van der Waals surface area contributed by atoms with Crippen LogP contribution in [-0.4, -0.2) is 64.5 Å². The lowest BCUT2D eigenvalue weighted by molar-refractivity contribution is -0.143. The summed E-state index contributed by atoms with van der Waals surface area (Å²) in [7, 11) is 1.36. The maximum Gasteiger partial charge on any atom is 0.416 e. The Morgan fingerprint density at radius 1 is 0.976 bits per heavy atom. The van der Waals surface area contributed by atoms with Crippen molar-refractivity contribution in [3.8, 4) is 0 Å². The van der Waals surface area contributed by atoms with E-state index in [0.717, 1.165) is 16.0 Å². The highest BCUT2D eigenvalue weighted by Gasteiger charge is 2.48. The number of carbonyl (C=O) groups is 2. The fraction of sp³-hybridized carbons (Fsp3) is 0.517. The normalized spacial score (nSPS) is 22.8. The number of carbonyl (C=O) groups excluding carboxylic acids is 2. The molecular formula is C29H33F6N3O3. The van der Waals surface area contributed by atoms with Crippen molar-refractivity contribution in [2.75, 3.05) is 26.7 Å². The van der Waals surface area contributed by atoms with Gasteiger partial charge in [0.1, 0.15) is 6.10 Å². The molecule has 2 aromatic carbocycles. The number of rotatable bonds is 4. The Bertz CT molecular complexity index is 1260. The third kappa shape index (κ3) is 6.17. The molecule has 6 nitrogen and oxygen atoms in total. The van der Waals surface area contributed by atoms with Crippen molar-refractivity contribution in [3.05, 3.63) is 70.3 Å². The van der Waals surface area contributed by atoms with Gasteiger partial charge in [0.05, 0.1) is 23.2 Å². The van der Waals surface area contributed by atoms with Crippen molar-refractivity contribution >= 4 is 11.9 Å². The van der Waals surface area contributed by atoms with Crippen LogP contribution in [-0.2, 0) is 17.1 Å². The molecule has 2 fully saturated rings. The van der Waals surface area contributed by atoms with E-state index in [4.69, 9.17) is 0 Å². The van der Waals surface area contributed by atoms with Crippen LogP contribution >= 0.6 is 0 Å². The van der Waals surface area contributed by atoms with Gasteiger partial charge in [-0.15, -0.1) is 0 Å². The van der Waals surface area contributed by atoms with Gasteiger partial charge in [-0.05, 0) is 68.0 Å². The Hall–Kier alpha value is -3.28. The minimum absolute atomic E-state index is 0.0481. The Morgan fingerprint density at radius 3 is 2.10 bits per heavy atom. The number of urea groups is 1. The van der Waals surface area contributed by atoms with E-state index < -0.39 is 53.6 Å². The first-order valence-corrected chi connectivity index (χ1v) is 13.4. The molecule has 4 unspecified atom stereocenters. The first-order chi connectivity index (χ1) is 19.0. The summed E-state index contributed by atoms with van der Waals surface area (Å²) in [5.74, 6) is -0.533. The Kier molecular flexibility index (Phi) is 8.37. The van der Waals surface area contributed by atoms with E-state index in [0.29, 0.717) is 31.6 Å². The highest BCUT2D eigenvalue weighted by Crippen LogP contribution is 2.46. The van der Waals surface area contributed by atoms with E-state index in [2.05, 4.69) is 0 Å². The fourth-order valence-electron chi connectivity index (χ4n) is 6.02. The zero-order valence-electron chi connectivity index (χ0n) is 23.1. The standard InChI is InChI=1S/C29H33F6N3O3/c1-16-7-5-6-8-23(16)25-24-15-37(26(40)18(3)39)14-19(24)9-10-38(25)27(41)36(4)17(2)20-11-21(28(30,31)32)13-22(12-20)29(33,34)35/h5-8,11-13,17-19,24-25,39H,9-10,14-15H2,1-4H3/t17?,18?,19?,24-,25?/m1/s1. The molecule has 4 rings (SSSR count). The van der Waals surface area contributed by atoms with Gasteiger partial charge in [0.15, 0.2) is 0 Å². The number of fused-ring (bicyclic) bond motifs is 1. The number of benzene rings is 2. The largest absolute Gasteiger partial charge is 0.416 e. The molecule has 2 aromatic rings. The number of nitrogens with zero attached hydrogens (tertiary/aromatic N) is 3. The molecule has 0 aliphatic carbocycles. The van der Waals surface area contributed by atoms with Crippen molar-refractivity contribution < 1.29 is 41.0 Å². The molecular weight excluding hydrogens is 552 g/mol. The predicted molar refractivity (Wildman–Crippen MR) is 139 cm³/mol. The van der Waals surface area contributed by atoms with E-state index in [1.54, 1.807) is 9.80 Å². The average molecular weight is 586 g/mol. The molecule has 12 heteroatoms. The van der Waals surface area contributed by atoms with Crippen LogP contribution in [0.15, 0.2) is 42.5 Å². The number of aliphatic hydroxyl groups excluding tert-OH is 1. The van der Waals surface area contributed by atoms with Gasteiger partial charge in [0.25, 0.3) is 5.91 Å². The van der Waals surface area contributed by atoms with Gasteiger partial charge in [-0.3, -0.25) is 4.79 Å². The highest BCUT2D eigenvalue weighted by molar-refractivity contribution is 5.80. The molecule has 0 saturated carbocycles. The molecule has 2 heterocycles. The monoisotopic (exact) mass is 585 g/mol. The first kappa shape index (κ1) is 30.7. The smallest absolute Gasteiger partial charge is 0.384 e. The van der Waals surface area contributed by atoms with Crippen molar-refractivity contribution in [2.45, 2.75) is 57.7 Å². The maximum absolute atomic E-state index is 14.0. The SMILES string of the molecule is Cc1ccccc1C1[C@@H]2CN(C(=O)C(C)O)CC2CCN1C(=O)N(C)C(C)c1cc(C(F)(F)F)cc(C(F)(F)F)c1. The zero-order valence-corrected chi connectivity index (χ0v) is 23.1. The van der Waals surface area contributed by atoms with Gasteiger partial charge in [-0.1, -0.05) is 24.3 Å². The summed E-state index contributed by atoms with van der Waals surface area (Å²) in [6, 6.07) is 6.66. The lowest BCUT2D eigenvalue weighted by Crippen LogP contribution is -2.51. The van der Waals surface area contributed by atoms with E-state index in [1.165, 1.54) is 20.9 Å². The molecule has 0 aromatic heterocycles. The molecule has 2 aliphatic rings. The zero-order chi connectivity index (χ0) is 30.4. The Balaban J connectivity index is 1.69. The number of hydrogen-bond acceptors (Lipinski definition) is 3. The van der Waals surface area contributed by atoms with Crippen LogP contribution in [0.5, 0.6) is 0 Å². The third-order valence-electron chi connectivity index (χ3n) is 8.37. The van der Waals surface area contributed by atoms with Crippen LogP contribution in [0.4, 0.5) is 31.1 Å². The fourth-order valence-corrected chi connectivity index (χ4v) is 6.02. The summed E-state index contributed by atoms with van der Waals surface area (Å²) in [5, 5.41) is 9.86. The van der Waals surface area contributed by atoms with Crippen molar-refractivity contribution in [2.24, 2.45) is 11.8 Å². The molecule has 0 bridgehead atoms. The van der Waals surface area contributed by atoms with Crippen molar-refractivity contribution in [3.63, 3.8) is 0 Å². The van der Waals surface area contributed by atoms with Crippen LogP contribution in [0, 0.1) is 18.8 Å². The summed E-state index contributed by atoms with van der Waals surface area (Å²) < 4.78 is 80.9. The minimum Gasteiger partial charge on any atom is -0.384 e. The van der Waals surface area contributed by atoms with Gasteiger partial charge in [-0.25, -0.2) is 4.79 Å². The van der Waals surface area contributed by atoms with E-state index in [9.17, 15) is 41.0 Å². The second-order valence-corrected chi connectivity index (χ2v) is 11.0. The van der Waals surface area contributed by atoms with Crippen LogP contribution in [0.2, 0.25) is 0 Å². The summed E-state index contributed by atoms with van der Waals surface area (Å²) in [4.78, 5) is 30.9. The second kappa shape index (κ2) is 11.2. The van der Waals surface area contributed by atoms with Crippen LogP contribution < -0.4 is 0 Å². The Morgan fingerprint density at radius 2 is 1.56 bits per heavy atom. The van der Waals surface area contributed by atoms with Gasteiger partial charge in [0, 0.05) is 32.6 Å². The number of amides is 3. The number of halogens is 6. The highest BCUT2D eigenvalue weighted by atomic mass is 19.4. The summed E-state index contributed by atoms with van der Waals surface area (Å²) in [5.41, 5.74) is -1.43. The molecule has 0 spiro atoms. The van der Waals surface area contributed by atoms with E-state index in [-0.39, 0.29) is 30.0 Å². The van der Waals surface area contributed by atoms with Crippen molar-refractivity contribution in [1.29, 1.82) is 0 Å². The molecule has 2 aliphatic heterocycles. The molecule has 1 N–H and O–H groups in total. The van der Waals surface area contributed by atoms with Gasteiger partial charge >= 0.3 is 18.4 Å². The average Bonchev–Trinajstić information content (AvgIpc) is 3.34. The number of aryl methyl sites for hydroxylation is 1. The maximum atomic E-state index is 14.0.